The summed E-state index contributed by atoms with van der Waals surface area (Å²) in [5, 5.41) is 10.3. The zero-order chi connectivity index (χ0) is 22.0. The molecule has 1 aromatic carbocycles. The number of rotatable bonds is 6. The van der Waals surface area contributed by atoms with E-state index in [-0.39, 0.29) is 34.4 Å². The van der Waals surface area contributed by atoms with Gasteiger partial charge in [-0.1, -0.05) is 28.8 Å². The van der Waals surface area contributed by atoms with Crippen LogP contribution in [0.2, 0.25) is 4.34 Å². The maximum absolute atomic E-state index is 13.0. The Balaban J connectivity index is 1.38. The fourth-order valence-corrected chi connectivity index (χ4v) is 6.46. The molecule has 1 saturated heterocycles. The molecule has 1 aliphatic rings. The summed E-state index contributed by atoms with van der Waals surface area (Å²) in [6.45, 7) is 0.393. The third kappa shape index (κ3) is 5.12. The summed E-state index contributed by atoms with van der Waals surface area (Å²) in [5.74, 6) is -1.01. The van der Waals surface area contributed by atoms with E-state index in [1.807, 2.05) is 0 Å². The molecule has 1 unspecified atom stereocenters. The lowest BCUT2D eigenvalue weighted by Gasteiger charge is -2.30. The van der Waals surface area contributed by atoms with E-state index in [0.29, 0.717) is 30.1 Å². The van der Waals surface area contributed by atoms with E-state index >= 15 is 0 Å². The van der Waals surface area contributed by atoms with Crippen molar-refractivity contribution in [3.05, 3.63) is 58.0 Å². The molecule has 2 aromatic heterocycles. The van der Waals surface area contributed by atoms with Crippen molar-refractivity contribution in [2.75, 3.05) is 18.4 Å². The number of amides is 1. The van der Waals surface area contributed by atoms with Crippen molar-refractivity contribution >= 4 is 44.9 Å². The van der Waals surface area contributed by atoms with Gasteiger partial charge in [-0.25, -0.2) is 12.8 Å². The number of nitrogens with one attached hydrogen (secondary N) is 1. The highest BCUT2D eigenvalue weighted by Crippen LogP contribution is 2.31. The highest BCUT2D eigenvalue weighted by molar-refractivity contribution is 7.91. The first-order chi connectivity index (χ1) is 14.8. The van der Waals surface area contributed by atoms with E-state index in [0.717, 1.165) is 16.9 Å². The van der Waals surface area contributed by atoms with Gasteiger partial charge in [0.15, 0.2) is 0 Å². The average molecular weight is 485 g/mol. The summed E-state index contributed by atoms with van der Waals surface area (Å²) in [4.78, 5) is 12.7. The molecule has 1 fully saturated rings. The van der Waals surface area contributed by atoms with Crippen molar-refractivity contribution in [2.24, 2.45) is 5.92 Å². The smallest absolute Gasteiger partial charge is 0.322 e. The first-order valence-electron chi connectivity index (χ1n) is 9.44. The molecule has 3 aromatic rings. The molecule has 3 heterocycles. The van der Waals surface area contributed by atoms with Crippen LogP contribution < -0.4 is 5.32 Å². The first kappa shape index (κ1) is 21.9. The van der Waals surface area contributed by atoms with Gasteiger partial charge < -0.3 is 4.42 Å². The highest BCUT2D eigenvalue weighted by Gasteiger charge is 2.34. The summed E-state index contributed by atoms with van der Waals surface area (Å²) in [7, 11) is -3.70. The van der Waals surface area contributed by atoms with Gasteiger partial charge in [-0.3, -0.25) is 10.1 Å². The van der Waals surface area contributed by atoms with E-state index in [9.17, 15) is 17.6 Å². The lowest BCUT2D eigenvalue weighted by Crippen LogP contribution is -2.43. The second-order valence-electron chi connectivity index (χ2n) is 7.05. The van der Waals surface area contributed by atoms with Crippen molar-refractivity contribution < 1.29 is 22.0 Å². The molecule has 0 bridgehead atoms. The van der Waals surface area contributed by atoms with Gasteiger partial charge in [-0.05, 0) is 42.7 Å². The average Bonchev–Trinajstić information content (AvgIpc) is 3.39. The molecule has 4 rings (SSSR count). The van der Waals surface area contributed by atoms with Gasteiger partial charge in [-0.2, -0.15) is 4.31 Å². The maximum atomic E-state index is 13.0. The van der Waals surface area contributed by atoms with Crippen molar-refractivity contribution in [3.63, 3.8) is 0 Å². The van der Waals surface area contributed by atoms with Crippen LogP contribution in [0, 0.1) is 11.7 Å². The third-order valence-electron chi connectivity index (χ3n) is 4.86. The number of carbonyl (C=O) groups is 1. The van der Waals surface area contributed by atoms with E-state index < -0.39 is 15.9 Å². The van der Waals surface area contributed by atoms with Gasteiger partial charge in [0.05, 0.1) is 16.7 Å². The van der Waals surface area contributed by atoms with E-state index in [2.05, 4.69) is 15.5 Å². The fraction of sp³-hybridized carbons (Fsp3) is 0.316. The Morgan fingerprint density at radius 2 is 2.03 bits per heavy atom. The van der Waals surface area contributed by atoms with Crippen LogP contribution in [0.3, 0.4) is 0 Å². The van der Waals surface area contributed by atoms with Crippen LogP contribution in [0.25, 0.3) is 0 Å². The van der Waals surface area contributed by atoms with Crippen molar-refractivity contribution in [1.82, 2.24) is 14.5 Å². The Morgan fingerprint density at radius 1 is 1.26 bits per heavy atom. The minimum atomic E-state index is -3.70. The number of nitrogens with zero attached hydrogens (tertiary/aromatic N) is 3. The van der Waals surface area contributed by atoms with Gasteiger partial charge in [0.1, 0.15) is 10.0 Å². The molecule has 164 valence electrons. The fourth-order valence-electron chi connectivity index (χ4n) is 3.30. The minimum absolute atomic E-state index is 0.0558. The largest absolute Gasteiger partial charge is 0.407 e. The van der Waals surface area contributed by atoms with Gasteiger partial charge in [0.25, 0.3) is 10.0 Å². The molecule has 1 atom stereocenters. The van der Waals surface area contributed by atoms with Crippen LogP contribution in [0.5, 0.6) is 0 Å². The van der Waals surface area contributed by atoms with E-state index in [4.69, 9.17) is 16.0 Å². The zero-order valence-corrected chi connectivity index (χ0v) is 18.5. The molecular weight excluding hydrogens is 467 g/mol. The normalized spacial score (nSPS) is 17.5. The molecule has 0 radical (unpaired) electrons. The molecule has 0 aliphatic carbocycles. The molecule has 0 spiro atoms. The summed E-state index contributed by atoms with van der Waals surface area (Å²) < 4.78 is 45.9. The van der Waals surface area contributed by atoms with Crippen molar-refractivity contribution in [1.29, 1.82) is 0 Å². The van der Waals surface area contributed by atoms with E-state index in [1.165, 1.54) is 28.6 Å². The van der Waals surface area contributed by atoms with Gasteiger partial charge in [-0.15, -0.1) is 16.4 Å². The summed E-state index contributed by atoms with van der Waals surface area (Å²) in [5.41, 5.74) is 0.782. The Kier molecular flexibility index (Phi) is 6.37. The lowest BCUT2D eigenvalue weighted by molar-refractivity contribution is -0.121. The van der Waals surface area contributed by atoms with Gasteiger partial charge in [0.2, 0.25) is 11.8 Å². The second-order valence-corrected chi connectivity index (χ2v) is 10.9. The first-order valence-corrected chi connectivity index (χ1v) is 12.1. The summed E-state index contributed by atoms with van der Waals surface area (Å²) >= 11 is 6.85. The SMILES string of the molecule is O=C(Nc1nnc(Cc2ccc(F)cc2)o1)C1CCCN(S(=O)(=O)c2ccc(Cl)s2)C1. The molecule has 12 heteroatoms. The second kappa shape index (κ2) is 9.03. The molecule has 31 heavy (non-hydrogen) atoms. The zero-order valence-electron chi connectivity index (χ0n) is 16.1. The Labute approximate surface area is 187 Å². The third-order valence-corrected chi connectivity index (χ3v) is 8.43. The number of thiophene rings is 1. The van der Waals surface area contributed by atoms with Crippen LogP contribution >= 0.6 is 22.9 Å². The van der Waals surface area contributed by atoms with Gasteiger partial charge >= 0.3 is 6.01 Å². The monoisotopic (exact) mass is 484 g/mol. The predicted molar refractivity (Wildman–Crippen MR) is 113 cm³/mol. The number of hydrogen-bond acceptors (Lipinski definition) is 7. The molecule has 0 saturated carbocycles. The van der Waals surface area contributed by atoms with Crippen LogP contribution in [0.1, 0.15) is 24.3 Å². The number of piperidine rings is 1. The molecule has 1 aliphatic heterocycles. The standard InChI is InChI=1S/C19H18ClFN4O4S2/c20-15-7-8-17(30-15)31(27,28)25-9-1-2-13(11-25)18(26)22-19-24-23-16(29-19)10-12-3-5-14(21)6-4-12/h3-8,13H,1-2,9-11H2,(H,22,24,26). The van der Waals surface area contributed by atoms with Crippen LogP contribution in [-0.4, -0.2) is 41.9 Å². The molecule has 1 amide bonds. The van der Waals surface area contributed by atoms with Crippen LogP contribution in [0.4, 0.5) is 10.4 Å². The number of sulfonamides is 1. The topological polar surface area (TPSA) is 105 Å². The highest BCUT2D eigenvalue weighted by atomic mass is 35.5. The summed E-state index contributed by atoms with van der Waals surface area (Å²) in [6, 6.07) is 8.82. The molecule has 1 N–H and O–H groups in total. The molecule has 8 nitrogen and oxygen atoms in total. The number of hydrogen-bond donors (Lipinski definition) is 1. The van der Waals surface area contributed by atoms with Crippen LogP contribution in [-0.2, 0) is 21.2 Å². The lowest BCUT2D eigenvalue weighted by atomic mass is 9.99. The molecular formula is C19H18ClFN4O4S2. The number of halogens is 2. The number of carbonyl (C=O) groups excluding carboxylic acids is 1. The Morgan fingerprint density at radius 3 is 2.74 bits per heavy atom. The summed E-state index contributed by atoms with van der Waals surface area (Å²) in [6.07, 6.45) is 1.39. The number of aromatic nitrogens is 2. The van der Waals surface area contributed by atoms with Crippen LogP contribution in [0.15, 0.2) is 45.0 Å². The Hall–Kier alpha value is -2.34. The minimum Gasteiger partial charge on any atom is -0.407 e. The quantitative estimate of drug-likeness (QED) is 0.573. The van der Waals surface area contributed by atoms with Gasteiger partial charge in [0, 0.05) is 13.1 Å². The predicted octanol–water partition coefficient (Wildman–Crippen LogP) is 3.55. The van der Waals surface area contributed by atoms with Crippen molar-refractivity contribution in [3.8, 4) is 0 Å². The Bertz CT molecular complexity index is 1180. The number of anilines is 1. The number of benzene rings is 1. The van der Waals surface area contributed by atoms with Crippen molar-refractivity contribution in [2.45, 2.75) is 23.5 Å². The maximum Gasteiger partial charge on any atom is 0.322 e. The van der Waals surface area contributed by atoms with E-state index in [1.54, 1.807) is 12.1 Å².